The smallest absolute Gasteiger partial charge is 0.166 e. The molecule has 0 aromatic heterocycles. The lowest BCUT2D eigenvalue weighted by molar-refractivity contribution is 0.252. The summed E-state index contributed by atoms with van der Waals surface area (Å²) in [6.07, 6.45) is 1.59. The van der Waals surface area contributed by atoms with Crippen LogP contribution in [0.15, 0.2) is 24.8 Å². The third kappa shape index (κ3) is 2.90. The van der Waals surface area contributed by atoms with E-state index in [1.807, 2.05) is 6.92 Å². The summed E-state index contributed by atoms with van der Waals surface area (Å²) in [4.78, 5) is 0. The van der Waals surface area contributed by atoms with Crippen molar-refractivity contribution in [2.24, 2.45) is 5.73 Å². The van der Waals surface area contributed by atoms with Crippen LogP contribution in [0.3, 0.4) is 0 Å². The highest BCUT2D eigenvalue weighted by Crippen LogP contribution is 2.35. The average molecular weight is 242 g/mol. The molecule has 0 fully saturated rings. The number of hydrogen-bond acceptors (Lipinski definition) is 3. The molecule has 0 aliphatic rings. The average Bonchev–Trinajstić information content (AvgIpc) is 2.30. The number of benzene rings is 1. The van der Waals surface area contributed by atoms with E-state index in [1.54, 1.807) is 25.3 Å². The fourth-order valence-electron chi connectivity index (χ4n) is 1.29. The molecule has 3 nitrogen and oxygen atoms in total. The topological polar surface area (TPSA) is 44.5 Å². The summed E-state index contributed by atoms with van der Waals surface area (Å²) in [6.45, 7) is 5.90. The summed E-state index contributed by atoms with van der Waals surface area (Å²) in [6, 6.07) is 3.47. The van der Waals surface area contributed by atoms with Gasteiger partial charge in [-0.3, -0.25) is 0 Å². The van der Waals surface area contributed by atoms with Gasteiger partial charge in [0, 0.05) is 23.2 Å². The fraction of sp³-hybridized carbons (Fsp3) is 0.333. The van der Waals surface area contributed by atoms with Crippen LogP contribution in [0.1, 0.15) is 12.5 Å². The molecular weight excluding hydrogens is 226 g/mol. The minimum Gasteiger partial charge on any atom is -0.493 e. The molecule has 1 rings (SSSR count). The summed E-state index contributed by atoms with van der Waals surface area (Å²) in [5, 5.41) is 0.580. The zero-order valence-corrected chi connectivity index (χ0v) is 10.3. The van der Waals surface area contributed by atoms with Gasteiger partial charge in [-0.2, -0.15) is 0 Å². The van der Waals surface area contributed by atoms with Crippen molar-refractivity contribution in [3.8, 4) is 11.5 Å². The van der Waals surface area contributed by atoms with Crippen LogP contribution in [0, 0.1) is 0 Å². The number of ether oxygens (including phenoxy) is 2. The van der Waals surface area contributed by atoms with E-state index in [0.717, 1.165) is 5.56 Å². The molecule has 0 saturated carbocycles. The molecule has 1 aromatic rings. The van der Waals surface area contributed by atoms with Crippen molar-refractivity contribution in [3.05, 3.63) is 35.4 Å². The van der Waals surface area contributed by atoms with E-state index >= 15 is 0 Å². The molecule has 16 heavy (non-hydrogen) atoms. The maximum absolute atomic E-state index is 5.94. The van der Waals surface area contributed by atoms with Gasteiger partial charge < -0.3 is 15.2 Å². The minimum absolute atomic E-state index is 0.111. The monoisotopic (exact) mass is 241 g/mol. The predicted molar refractivity (Wildman–Crippen MR) is 66.2 cm³/mol. The Bertz CT molecular complexity index is 354. The zero-order chi connectivity index (χ0) is 12.1. The maximum atomic E-state index is 5.94. The first-order valence-electron chi connectivity index (χ1n) is 4.98. The summed E-state index contributed by atoms with van der Waals surface area (Å²) < 4.78 is 10.9. The molecule has 0 bridgehead atoms. The van der Waals surface area contributed by atoms with E-state index in [1.165, 1.54) is 0 Å². The van der Waals surface area contributed by atoms with Crippen LogP contribution in [0.4, 0.5) is 0 Å². The third-order valence-corrected chi connectivity index (χ3v) is 2.39. The van der Waals surface area contributed by atoms with E-state index in [9.17, 15) is 0 Å². The molecule has 0 amide bonds. The van der Waals surface area contributed by atoms with Gasteiger partial charge in [0.1, 0.15) is 6.10 Å². The van der Waals surface area contributed by atoms with Crippen molar-refractivity contribution >= 4 is 11.6 Å². The van der Waals surface area contributed by atoms with Gasteiger partial charge in [-0.25, -0.2) is 0 Å². The van der Waals surface area contributed by atoms with Gasteiger partial charge in [-0.15, -0.1) is 0 Å². The Labute approximate surface area is 101 Å². The Hall–Kier alpha value is -1.19. The SMILES string of the molecule is C=CC(C)Oc1c(CN)cc(Cl)cc1OC. The van der Waals surface area contributed by atoms with Crippen LogP contribution in [0.25, 0.3) is 0 Å². The summed E-state index contributed by atoms with van der Waals surface area (Å²) in [5.74, 6) is 1.21. The van der Waals surface area contributed by atoms with Crippen LogP contribution >= 0.6 is 11.6 Å². The quantitative estimate of drug-likeness (QED) is 0.807. The number of halogens is 1. The molecule has 0 saturated heterocycles. The summed E-state index contributed by atoms with van der Waals surface area (Å²) in [5.41, 5.74) is 6.46. The normalized spacial score (nSPS) is 12.0. The van der Waals surface area contributed by atoms with Crippen molar-refractivity contribution in [1.82, 2.24) is 0 Å². The number of hydrogen-bond donors (Lipinski definition) is 1. The molecule has 1 aromatic carbocycles. The van der Waals surface area contributed by atoms with Crippen molar-refractivity contribution in [2.75, 3.05) is 7.11 Å². The number of rotatable bonds is 5. The van der Waals surface area contributed by atoms with Crippen LogP contribution in [0.5, 0.6) is 11.5 Å². The van der Waals surface area contributed by atoms with Gasteiger partial charge in [-0.05, 0) is 13.0 Å². The third-order valence-electron chi connectivity index (χ3n) is 2.17. The van der Waals surface area contributed by atoms with Crippen molar-refractivity contribution in [2.45, 2.75) is 19.6 Å². The molecule has 88 valence electrons. The number of methoxy groups -OCH3 is 1. The molecule has 2 N–H and O–H groups in total. The first-order valence-corrected chi connectivity index (χ1v) is 5.35. The van der Waals surface area contributed by atoms with Crippen LogP contribution in [0.2, 0.25) is 5.02 Å². The minimum atomic E-state index is -0.111. The lowest BCUT2D eigenvalue weighted by Crippen LogP contribution is -2.11. The van der Waals surface area contributed by atoms with E-state index in [2.05, 4.69) is 6.58 Å². The molecule has 4 heteroatoms. The second kappa shape index (κ2) is 5.77. The Balaban J connectivity index is 3.16. The molecule has 0 aliphatic carbocycles. The Morgan fingerprint density at radius 3 is 2.75 bits per heavy atom. The molecule has 0 spiro atoms. The Morgan fingerprint density at radius 1 is 1.56 bits per heavy atom. The lowest BCUT2D eigenvalue weighted by atomic mass is 10.2. The Kier molecular flexibility index (Phi) is 4.65. The molecule has 0 heterocycles. The zero-order valence-electron chi connectivity index (χ0n) is 9.50. The van der Waals surface area contributed by atoms with Gasteiger partial charge in [0.25, 0.3) is 0 Å². The van der Waals surface area contributed by atoms with Crippen molar-refractivity contribution in [1.29, 1.82) is 0 Å². The van der Waals surface area contributed by atoms with Crippen LogP contribution < -0.4 is 15.2 Å². The van der Waals surface area contributed by atoms with E-state index < -0.39 is 0 Å². The van der Waals surface area contributed by atoms with Crippen LogP contribution in [-0.2, 0) is 6.54 Å². The lowest BCUT2D eigenvalue weighted by Gasteiger charge is -2.17. The Morgan fingerprint density at radius 2 is 2.25 bits per heavy atom. The highest BCUT2D eigenvalue weighted by Gasteiger charge is 2.13. The van der Waals surface area contributed by atoms with Gasteiger partial charge >= 0.3 is 0 Å². The summed E-state index contributed by atoms with van der Waals surface area (Å²) >= 11 is 5.94. The molecule has 0 radical (unpaired) electrons. The van der Waals surface area contributed by atoms with Crippen LogP contribution in [-0.4, -0.2) is 13.2 Å². The van der Waals surface area contributed by atoms with E-state index in [0.29, 0.717) is 23.1 Å². The molecule has 1 atom stereocenters. The first-order chi connectivity index (χ1) is 7.62. The van der Waals surface area contributed by atoms with Gasteiger partial charge in [-0.1, -0.05) is 24.3 Å². The van der Waals surface area contributed by atoms with Gasteiger partial charge in [0.15, 0.2) is 11.5 Å². The largest absolute Gasteiger partial charge is 0.493 e. The summed E-state index contributed by atoms with van der Waals surface area (Å²) in [7, 11) is 1.57. The highest BCUT2D eigenvalue weighted by molar-refractivity contribution is 6.30. The second-order valence-corrected chi connectivity index (χ2v) is 3.80. The van der Waals surface area contributed by atoms with E-state index in [4.69, 9.17) is 26.8 Å². The second-order valence-electron chi connectivity index (χ2n) is 3.36. The standard InChI is InChI=1S/C12H16ClNO2/c1-4-8(2)16-12-9(7-14)5-10(13)6-11(12)15-3/h4-6,8H,1,7,14H2,2-3H3. The fourth-order valence-corrected chi connectivity index (χ4v) is 1.52. The first kappa shape index (κ1) is 12.9. The molecular formula is C12H16ClNO2. The van der Waals surface area contributed by atoms with Crippen molar-refractivity contribution in [3.63, 3.8) is 0 Å². The number of nitrogens with two attached hydrogens (primary N) is 1. The van der Waals surface area contributed by atoms with Crippen molar-refractivity contribution < 1.29 is 9.47 Å². The molecule has 0 aliphatic heterocycles. The van der Waals surface area contributed by atoms with E-state index in [-0.39, 0.29) is 6.10 Å². The van der Waals surface area contributed by atoms with Gasteiger partial charge in [0.05, 0.1) is 7.11 Å². The predicted octanol–water partition coefficient (Wildman–Crippen LogP) is 2.76. The maximum Gasteiger partial charge on any atom is 0.166 e. The molecule has 1 unspecified atom stereocenters. The van der Waals surface area contributed by atoms with Gasteiger partial charge in [0.2, 0.25) is 0 Å². The highest BCUT2D eigenvalue weighted by atomic mass is 35.5.